The van der Waals surface area contributed by atoms with Crippen LogP contribution in [0.25, 0.3) is 11.3 Å². The van der Waals surface area contributed by atoms with Crippen molar-refractivity contribution in [3.63, 3.8) is 0 Å². The van der Waals surface area contributed by atoms with Crippen LogP contribution in [0.15, 0.2) is 65.8 Å². The quantitative estimate of drug-likeness (QED) is 0.418. The molecule has 7 nitrogen and oxygen atoms in total. The number of guanidine groups is 1. The van der Waals surface area contributed by atoms with Gasteiger partial charge in [0.05, 0.1) is 18.4 Å². The molecule has 3 N–H and O–H groups in total. The van der Waals surface area contributed by atoms with Gasteiger partial charge in [0.1, 0.15) is 5.82 Å². The Kier molecular flexibility index (Phi) is 7.21. The molecule has 1 heterocycles. The number of benzene rings is 2. The highest BCUT2D eigenvalue weighted by Gasteiger charge is 2.08. The van der Waals surface area contributed by atoms with Crippen molar-refractivity contribution in [1.82, 2.24) is 25.5 Å². The third-order valence-corrected chi connectivity index (χ3v) is 4.65. The molecule has 0 aliphatic rings. The highest BCUT2D eigenvalue weighted by Crippen LogP contribution is 2.15. The van der Waals surface area contributed by atoms with E-state index in [0.717, 1.165) is 29.1 Å². The minimum absolute atomic E-state index is 0.00982. The van der Waals surface area contributed by atoms with Gasteiger partial charge < -0.3 is 20.5 Å². The molecule has 0 aliphatic carbocycles. The monoisotopic (exact) mass is 404 g/mol. The Balaban J connectivity index is 1.48. The number of aromatic nitrogens is 2. The standard InChI is InChI=1S/C23H28N6O/c1-24-23(25-13-12-17-8-7-11-19(14-17)22(30)29(2)3)27-16-21-26-15-20(28-21)18-9-5-4-6-10-18/h4-11,14-15H,12-13,16H2,1-3H3,(H,26,28)(H2,24,25,27). The van der Waals surface area contributed by atoms with Crippen LogP contribution in [-0.4, -0.2) is 54.4 Å². The highest BCUT2D eigenvalue weighted by molar-refractivity contribution is 5.94. The van der Waals surface area contributed by atoms with E-state index in [4.69, 9.17) is 0 Å². The first-order valence-electron chi connectivity index (χ1n) is 9.91. The van der Waals surface area contributed by atoms with E-state index in [1.807, 2.05) is 60.8 Å². The van der Waals surface area contributed by atoms with E-state index in [1.54, 1.807) is 26.0 Å². The van der Waals surface area contributed by atoms with Gasteiger partial charge in [0.2, 0.25) is 0 Å². The van der Waals surface area contributed by atoms with Crippen molar-refractivity contribution in [1.29, 1.82) is 0 Å². The number of nitrogens with one attached hydrogen (secondary N) is 3. The van der Waals surface area contributed by atoms with Gasteiger partial charge >= 0.3 is 0 Å². The fourth-order valence-electron chi connectivity index (χ4n) is 3.05. The lowest BCUT2D eigenvalue weighted by molar-refractivity contribution is 0.0827. The van der Waals surface area contributed by atoms with E-state index in [0.29, 0.717) is 24.6 Å². The molecule has 0 radical (unpaired) electrons. The van der Waals surface area contributed by atoms with Gasteiger partial charge in [-0.15, -0.1) is 0 Å². The predicted octanol–water partition coefficient (Wildman–Crippen LogP) is 2.69. The molecule has 30 heavy (non-hydrogen) atoms. The molecule has 3 aromatic rings. The van der Waals surface area contributed by atoms with Gasteiger partial charge in [-0.1, -0.05) is 42.5 Å². The van der Waals surface area contributed by atoms with Gasteiger partial charge in [0, 0.05) is 33.3 Å². The summed E-state index contributed by atoms with van der Waals surface area (Å²) in [4.78, 5) is 25.7. The molecule has 1 amide bonds. The van der Waals surface area contributed by atoms with Crippen molar-refractivity contribution in [3.05, 3.63) is 77.7 Å². The van der Waals surface area contributed by atoms with E-state index in [9.17, 15) is 4.79 Å². The van der Waals surface area contributed by atoms with Crippen molar-refractivity contribution in [2.24, 2.45) is 4.99 Å². The van der Waals surface area contributed by atoms with Crippen LogP contribution < -0.4 is 10.6 Å². The minimum atomic E-state index is 0.00982. The van der Waals surface area contributed by atoms with Crippen molar-refractivity contribution < 1.29 is 4.79 Å². The van der Waals surface area contributed by atoms with Crippen LogP contribution in [0.1, 0.15) is 21.7 Å². The maximum atomic E-state index is 12.1. The van der Waals surface area contributed by atoms with Crippen molar-refractivity contribution in [2.75, 3.05) is 27.7 Å². The zero-order chi connectivity index (χ0) is 21.3. The molecule has 3 rings (SSSR count). The zero-order valence-corrected chi connectivity index (χ0v) is 17.6. The van der Waals surface area contributed by atoms with Crippen LogP contribution in [0.2, 0.25) is 0 Å². The summed E-state index contributed by atoms with van der Waals surface area (Å²) in [6.07, 6.45) is 2.62. The number of nitrogens with zero attached hydrogens (tertiary/aromatic N) is 3. The molecule has 0 saturated carbocycles. The minimum Gasteiger partial charge on any atom is -0.356 e. The van der Waals surface area contributed by atoms with Crippen LogP contribution in [-0.2, 0) is 13.0 Å². The summed E-state index contributed by atoms with van der Waals surface area (Å²) < 4.78 is 0. The Morgan fingerprint density at radius 3 is 2.63 bits per heavy atom. The topological polar surface area (TPSA) is 85.4 Å². The van der Waals surface area contributed by atoms with E-state index in [1.165, 1.54) is 0 Å². The number of carbonyl (C=O) groups excluding carboxylic acids is 1. The Hall–Kier alpha value is -3.61. The van der Waals surface area contributed by atoms with Crippen molar-refractivity contribution >= 4 is 11.9 Å². The molecule has 156 valence electrons. The first-order valence-corrected chi connectivity index (χ1v) is 9.91. The molecule has 1 aromatic heterocycles. The van der Waals surface area contributed by atoms with Crippen LogP contribution >= 0.6 is 0 Å². The zero-order valence-electron chi connectivity index (χ0n) is 17.6. The van der Waals surface area contributed by atoms with Crippen LogP contribution in [0.3, 0.4) is 0 Å². The SMILES string of the molecule is CN=C(NCCc1cccc(C(=O)N(C)C)c1)NCc1ncc(-c2ccccc2)[nH]1. The first-order chi connectivity index (χ1) is 14.6. The number of hydrogen-bond acceptors (Lipinski definition) is 3. The van der Waals surface area contributed by atoms with E-state index >= 15 is 0 Å². The molecule has 0 spiro atoms. The summed E-state index contributed by atoms with van der Waals surface area (Å²) in [5, 5.41) is 6.57. The molecule has 0 saturated heterocycles. The smallest absolute Gasteiger partial charge is 0.253 e. The van der Waals surface area contributed by atoms with Gasteiger partial charge in [0.25, 0.3) is 5.91 Å². The fourth-order valence-corrected chi connectivity index (χ4v) is 3.05. The summed E-state index contributed by atoms with van der Waals surface area (Å²) in [5.74, 6) is 1.55. The Morgan fingerprint density at radius 2 is 1.90 bits per heavy atom. The van der Waals surface area contributed by atoms with Gasteiger partial charge in [-0.2, -0.15) is 0 Å². The number of rotatable bonds is 7. The van der Waals surface area contributed by atoms with Gasteiger partial charge in [-0.3, -0.25) is 9.79 Å². The number of H-pyrrole nitrogens is 1. The van der Waals surface area contributed by atoms with E-state index < -0.39 is 0 Å². The van der Waals surface area contributed by atoms with Crippen LogP contribution in [0.5, 0.6) is 0 Å². The predicted molar refractivity (Wildman–Crippen MR) is 120 cm³/mol. The normalized spacial score (nSPS) is 11.2. The molecule has 0 bridgehead atoms. The Morgan fingerprint density at radius 1 is 1.10 bits per heavy atom. The molecular formula is C23H28N6O. The number of aliphatic imine (C=N–C) groups is 1. The van der Waals surface area contributed by atoms with Crippen LogP contribution in [0.4, 0.5) is 0 Å². The second-order valence-corrected chi connectivity index (χ2v) is 7.11. The van der Waals surface area contributed by atoms with Gasteiger partial charge in [0.15, 0.2) is 5.96 Å². The number of amides is 1. The Labute approximate surface area is 177 Å². The third kappa shape index (κ3) is 5.70. The molecule has 0 atom stereocenters. The van der Waals surface area contributed by atoms with Gasteiger partial charge in [-0.05, 0) is 29.7 Å². The number of imidazole rings is 1. The molecule has 7 heteroatoms. The summed E-state index contributed by atoms with van der Waals surface area (Å²) >= 11 is 0. The highest BCUT2D eigenvalue weighted by atomic mass is 16.2. The number of aromatic amines is 1. The second kappa shape index (κ2) is 10.2. The molecule has 0 aliphatic heterocycles. The number of hydrogen-bond donors (Lipinski definition) is 3. The van der Waals surface area contributed by atoms with E-state index in [2.05, 4.69) is 25.6 Å². The second-order valence-electron chi connectivity index (χ2n) is 7.11. The average molecular weight is 405 g/mol. The van der Waals surface area contributed by atoms with Gasteiger partial charge in [-0.25, -0.2) is 4.98 Å². The largest absolute Gasteiger partial charge is 0.356 e. The fraction of sp³-hybridized carbons (Fsp3) is 0.261. The summed E-state index contributed by atoms with van der Waals surface area (Å²) in [6.45, 7) is 1.24. The number of carbonyl (C=O) groups is 1. The van der Waals surface area contributed by atoms with Crippen molar-refractivity contribution in [2.45, 2.75) is 13.0 Å². The van der Waals surface area contributed by atoms with Crippen molar-refractivity contribution in [3.8, 4) is 11.3 Å². The lowest BCUT2D eigenvalue weighted by Crippen LogP contribution is -2.38. The molecule has 2 aromatic carbocycles. The third-order valence-electron chi connectivity index (χ3n) is 4.65. The summed E-state index contributed by atoms with van der Waals surface area (Å²) in [5.41, 5.74) is 3.90. The lowest BCUT2D eigenvalue weighted by atomic mass is 10.1. The molecular weight excluding hydrogens is 376 g/mol. The molecule has 0 unspecified atom stereocenters. The first kappa shape index (κ1) is 21.1. The molecule has 0 fully saturated rings. The summed E-state index contributed by atoms with van der Waals surface area (Å²) in [6, 6.07) is 17.8. The maximum absolute atomic E-state index is 12.1. The van der Waals surface area contributed by atoms with E-state index in [-0.39, 0.29) is 5.91 Å². The summed E-state index contributed by atoms with van der Waals surface area (Å²) in [7, 11) is 5.26. The average Bonchev–Trinajstić information content (AvgIpc) is 3.25. The van der Waals surface area contributed by atoms with Crippen LogP contribution in [0, 0.1) is 0 Å². The maximum Gasteiger partial charge on any atom is 0.253 e. The lowest BCUT2D eigenvalue weighted by Gasteiger charge is -2.13. The Bertz CT molecular complexity index is 994.